The van der Waals surface area contributed by atoms with Crippen molar-refractivity contribution < 1.29 is 0 Å². The molecule has 1 heteroatoms. The van der Waals surface area contributed by atoms with Crippen molar-refractivity contribution in [1.82, 2.24) is 0 Å². The van der Waals surface area contributed by atoms with E-state index in [-0.39, 0.29) is 0 Å². The minimum absolute atomic E-state index is 1.35. The van der Waals surface area contributed by atoms with E-state index in [0.29, 0.717) is 0 Å². The Balaban J connectivity index is 2.43. The molecule has 0 aliphatic heterocycles. The van der Waals surface area contributed by atoms with E-state index in [0.717, 1.165) is 0 Å². The molecule has 0 N–H and O–H groups in total. The van der Waals surface area contributed by atoms with Crippen molar-refractivity contribution in [2.24, 2.45) is 0 Å². The van der Waals surface area contributed by atoms with Crippen molar-refractivity contribution in [3.8, 4) is 10.4 Å². The number of hydrogen-bond donors (Lipinski definition) is 0. The van der Waals surface area contributed by atoms with Crippen molar-refractivity contribution in [3.05, 3.63) is 59.0 Å². The van der Waals surface area contributed by atoms with E-state index in [9.17, 15) is 0 Å². The van der Waals surface area contributed by atoms with Crippen LogP contribution in [0.4, 0.5) is 0 Å². The largest absolute Gasteiger partial charge is 0.144 e. The van der Waals surface area contributed by atoms with Gasteiger partial charge in [-0.3, -0.25) is 0 Å². The molecule has 1 heterocycles. The fourth-order valence-electron chi connectivity index (χ4n) is 2.30. The summed E-state index contributed by atoms with van der Waals surface area (Å²) in [6, 6.07) is 15.3. The van der Waals surface area contributed by atoms with Crippen LogP contribution in [-0.4, -0.2) is 0 Å². The first-order valence-electron chi connectivity index (χ1n) is 5.80. The van der Waals surface area contributed by atoms with Gasteiger partial charge in [0, 0.05) is 4.88 Å². The molecule has 17 heavy (non-hydrogen) atoms. The van der Waals surface area contributed by atoms with Gasteiger partial charge in [0.05, 0.1) is 0 Å². The third kappa shape index (κ3) is 1.67. The van der Waals surface area contributed by atoms with Gasteiger partial charge >= 0.3 is 0 Å². The van der Waals surface area contributed by atoms with Crippen molar-refractivity contribution in [2.75, 3.05) is 0 Å². The van der Waals surface area contributed by atoms with Crippen LogP contribution in [0.15, 0.2) is 47.8 Å². The molecule has 0 spiro atoms. The molecule has 0 radical (unpaired) electrons. The van der Waals surface area contributed by atoms with E-state index >= 15 is 0 Å². The summed E-state index contributed by atoms with van der Waals surface area (Å²) in [6.45, 7) is 4.40. The van der Waals surface area contributed by atoms with E-state index in [1.54, 1.807) is 11.3 Å². The van der Waals surface area contributed by atoms with Crippen LogP contribution in [0.5, 0.6) is 0 Å². The van der Waals surface area contributed by atoms with Gasteiger partial charge in [-0.05, 0) is 58.8 Å². The number of fused-ring (bicyclic) bond motifs is 1. The van der Waals surface area contributed by atoms with E-state index in [1.165, 1.54) is 32.3 Å². The highest BCUT2D eigenvalue weighted by atomic mass is 32.1. The third-order valence-electron chi connectivity index (χ3n) is 3.36. The monoisotopic (exact) mass is 238 g/mol. The maximum atomic E-state index is 2.31. The predicted octanol–water partition coefficient (Wildman–Crippen LogP) is 5.19. The average Bonchev–Trinajstić information content (AvgIpc) is 2.87. The Morgan fingerprint density at radius 1 is 0.882 bits per heavy atom. The molecule has 0 aliphatic carbocycles. The molecule has 1 aromatic heterocycles. The maximum absolute atomic E-state index is 2.31. The lowest BCUT2D eigenvalue weighted by molar-refractivity contribution is 1.38. The highest BCUT2D eigenvalue weighted by molar-refractivity contribution is 7.13. The molecule has 3 rings (SSSR count). The lowest BCUT2D eigenvalue weighted by Gasteiger charge is -2.10. The predicted molar refractivity (Wildman–Crippen MR) is 76.7 cm³/mol. The van der Waals surface area contributed by atoms with E-state index in [4.69, 9.17) is 0 Å². The summed E-state index contributed by atoms with van der Waals surface area (Å²) in [4.78, 5) is 1.35. The van der Waals surface area contributed by atoms with Gasteiger partial charge in [0.15, 0.2) is 0 Å². The molecule has 0 saturated carbocycles. The summed E-state index contributed by atoms with van der Waals surface area (Å²) in [6.07, 6.45) is 0. The summed E-state index contributed by atoms with van der Waals surface area (Å²) in [5.41, 5.74) is 4.12. The fourth-order valence-corrected chi connectivity index (χ4v) is 3.05. The maximum Gasteiger partial charge on any atom is 0.0349 e. The normalized spacial score (nSPS) is 10.9. The second-order valence-electron chi connectivity index (χ2n) is 4.39. The highest BCUT2D eigenvalue weighted by Crippen LogP contribution is 2.34. The van der Waals surface area contributed by atoms with Crippen LogP contribution < -0.4 is 0 Å². The van der Waals surface area contributed by atoms with Gasteiger partial charge < -0.3 is 0 Å². The molecule has 0 amide bonds. The lowest BCUT2D eigenvalue weighted by atomic mass is 9.95. The third-order valence-corrected chi connectivity index (χ3v) is 4.26. The van der Waals surface area contributed by atoms with Gasteiger partial charge in [0.2, 0.25) is 0 Å². The number of benzene rings is 2. The van der Waals surface area contributed by atoms with Gasteiger partial charge in [-0.15, -0.1) is 11.3 Å². The number of rotatable bonds is 1. The Kier molecular flexibility index (Phi) is 2.49. The number of thiophene rings is 1. The Labute approximate surface area is 106 Å². The Hall–Kier alpha value is -1.60. The molecule has 84 valence electrons. The minimum Gasteiger partial charge on any atom is -0.144 e. The lowest BCUT2D eigenvalue weighted by Crippen LogP contribution is -1.87. The molecular formula is C16H14S. The van der Waals surface area contributed by atoms with Crippen molar-refractivity contribution in [2.45, 2.75) is 13.8 Å². The summed E-state index contributed by atoms with van der Waals surface area (Å²) >= 11 is 1.81. The van der Waals surface area contributed by atoms with Crippen LogP contribution in [0, 0.1) is 13.8 Å². The second-order valence-corrected chi connectivity index (χ2v) is 5.34. The molecule has 0 unspecified atom stereocenters. The van der Waals surface area contributed by atoms with Crippen LogP contribution in [-0.2, 0) is 0 Å². The first kappa shape index (κ1) is 10.5. The summed E-state index contributed by atoms with van der Waals surface area (Å²) in [5.74, 6) is 0. The first-order chi connectivity index (χ1) is 8.27. The van der Waals surface area contributed by atoms with Gasteiger partial charge in [-0.1, -0.05) is 30.3 Å². The molecule has 0 bridgehead atoms. The average molecular weight is 238 g/mol. The molecule has 3 aromatic rings. The Bertz CT molecular complexity index is 663. The Morgan fingerprint density at radius 2 is 1.65 bits per heavy atom. The zero-order chi connectivity index (χ0) is 11.8. The van der Waals surface area contributed by atoms with Crippen LogP contribution in [0.25, 0.3) is 21.2 Å². The van der Waals surface area contributed by atoms with E-state index in [2.05, 4.69) is 61.7 Å². The van der Waals surface area contributed by atoms with Crippen LogP contribution in [0.1, 0.15) is 11.1 Å². The van der Waals surface area contributed by atoms with E-state index < -0.39 is 0 Å². The van der Waals surface area contributed by atoms with Crippen LogP contribution in [0.2, 0.25) is 0 Å². The zero-order valence-electron chi connectivity index (χ0n) is 10.0. The van der Waals surface area contributed by atoms with Crippen molar-refractivity contribution >= 4 is 22.1 Å². The highest BCUT2D eigenvalue weighted by Gasteiger charge is 2.08. The molecule has 0 fully saturated rings. The molecule has 0 aliphatic rings. The molecule has 0 atom stereocenters. The summed E-state index contributed by atoms with van der Waals surface area (Å²) in [7, 11) is 0. The minimum atomic E-state index is 1.35. The fraction of sp³-hybridized carbons (Fsp3) is 0.125. The van der Waals surface area contributed by atoms with Crippen molar-refractivity contribution in [3.63, 3.8) is 0 Å². The zero-order valence-corrected chi connectivity index (χ0v) is 10.8. The number of hydrogen-bond acceptors (Lipinski definition) is 1. The van der Waals surface area contributed by atoms with Gasteiger partial charge in [0.1, 0.15) is 0 Å². The summed E-state index contributed by atoms with van der Waals surface area (Å²) in [5, 5.41) is 4.87. The quantitative estimate of drug-likeness (QED) is 0.547. The second kappa shape index (κ2) is 4.01. The topological polar surface area (TPSA) is 0 Å². The van der Waals surface area contributed by atoms with E-state index in [1.807, 2.05) is 0 Å². The first-order valence-corrected chi connectivity index (χ1v) is 6.68. The molecule has 0 nitrogen and oxygen atoms in total. The standard InChI is InChI=1S/C16H14S/c1-11-10-15(16-8-5-9-17-16)14-7-4-3-6-13(14)12(11)2/h3-10H,1-2H3. The summed E-state index contributed by atoms with van der Waals surface area (Å²) < 4.78 is 0. The van der Waals surface area contributed by atoms with Crippen LogP contribution >= 0.6 is 11.3 Å². The Morgan fingerprint density at radius 3 is 2.35 bits per heavy atom. The smallest absolute Gasteiger partial charge is 0.0349 e. The SMILES string of the molecule is Cc1cc(-c2cccs2)c2ccccc2c1C. The van der Waals surface area contributed by atoms with Crippen LogP contribution in [0.3, 0.4) is 0 Å². The van der Waals surface area contributed by atoms with Crippen molar-refractivity contribution in [1.29, 1.82) is 0 Å². The molecular weight excluding hydrogens is 224 g/mol. The van der Waals surface area contributed by atoms with Gasteiger partial charge in [-0.2, -0.15) is 0 Å². The number of aryl methyl sites for hydroxylation is 2. The van der Waals surface area contributed by atoms with Gasteiger partial charge in [0.25, 0.3) is 0 Å². The van der Waals surface area contributed by atoms with Gasteiger partial charge in [-0.25, -0.2) is 0 Å². The molecule has 2 aromatic carbocycles. The molecule has 0 saturated heterocycles.